The second-order valence-electron chi connectivity index (χ2n) is 7.52. The summed E-state index contributed by atoms with van der Waals surface area (Å²) < 4.78 is 14.1. The predicted molar refractivity (Wildman–Crippen MR) is 112 cm³/mol. The van der Waals surface area contributed by atoms with E-state index < -0.39 is 11.9 Å². The molecule has 1 atom stereocenters. The lowest BCUT2D eigenvalue weighted by atomic mass is 10.0. The van der Waals surface area contributed by atoms with Crippen LogP contribution in [0.15, 0.2) is 41.8 Å². The maximum absolute atomic E-state index is 13.4. The van der Waals surface area contributed by atoms with E-state index in [2.05, 4.69) is 10.6 Å². The molecule has 2 aromatic carbocycles. The number of fused-ring (bicyclic) bond motifs is 2. The third kappa shape index (κ3) is 3.36. The molecule has 0 saturated carbocycles. The summed E-state index contributed by atoms with van der Waals surface area (Å²) in [7, 11) is 0. The number of hydrogen-bond acceptors (Lipinski definition) is 5. The summed E-state index contributed by atoms with van der Waals surface area (Å²) in [6.07, 6.45) is 0.465. The summed E-state index contributed by atoms with van der Waals surface area (Å²) in [5.74, 6) is -1.79. The predicted octanol–water partition coefficient (Wildman–Crippen LogP) is 3.05. The fourth-order valence-electron chi connectivity index (χ4n) is 4.01. The average Bonchev–Trinajstić information content (AvgIpc) is 3.28. The first-order valence-corrected chi connectivity index (χ1v) is 10.5. The van der Waals surface area contributed by atoms with Gasteiger partial charge in [-0.05, 0) is 48.4 Å². The second-order valence-corrected chi connectivity index (χ2v) is 8.43. The first kappa shape index (κ1) is 19.4. The minimum absolute atomic E-state index is 0.183. The molecule has 7 nitrogen and oxygen atoms in total. The Labute approximate surface area is 179 Å². The van der Waals surface area contributed by atoms with Crippen LogP contribution in [0, 0.1) is 5.82 Å². The van der Waals surface area contributed by atoms with E-state index in [1.54, 1.807) is 29.6 Å². The van der Waals surface area contributed by atoms with E-state index in [-0.39, 0.29) is 42.9 Å². The van der Waals surface area contributed by atoms with Crippen LogP contribution in [-0.4, -0.2) is 34.6 Å². The van der Waals surface area contributed by atoms with Crippen molar-refractivity contribution in [2.75, 3.05) is 5.32 Å². The quantitative estimate of drug-likeness (QED) is 0.616. The highest BCUT2D eigenvalue weighted by Gasteiger charge is 2.39. The van der Waals surface area contributed by atoms with Crippen molar-refractivity contribution >= 4 is 50.7 Å². The summed E-state index contributed by atoms with van der Waals surface area (Å²) in [6.45, 7) is 0.197. The number of carbonyl (C=O) groups excluding carboxylic acids is 4. The molecule has 0 radical (unpaired) electrons. The number of hydrogen-bond donors (Lipinski definition) is 2. The number of amides is 4. The second kappa shape index (κ2) is 7.28. The summed E-state index contributed by atoms with van der Waals surface area (Å²) in [5.41, 5.74) is 2.06. The van der Waals surface area contributed by atoms with E-state index in [0.717, 1.165) is 10.1 Å². The van der Waals surface area contributed by atoms with Gasteiger partial charge in [-0.2, -0.15) is 0 Å². The summed E-state index contributed by atoms with van der Waals surface area (Å²) in [5, 5.41) is 7.61. The van der Waals surface area contributed by atoms with Gasteiger partial charge in [-0.25, -0.2) is 4.39 Å². The summed E-state index contributed by atoms with van der Waals surface area (Å²) in [6, 6.07) is 8.47. The van der Waals surface area contributed by atoms with E-state index in [1.165, 1.54) is 28.4 Å². The fourth-order valence-corrected chi connectivity index (χ4v) is 4.93. The smallest absolute Gasteiger partial charge is 0.255 e. The molecule has 2 N–H and O–H groups in total. The number of imide groups is 1. The van der Waals surface area contributed by atoms with Crippen molar-refractivity contribution in [1.29, 1.82) is 0 Å². The molecular formula is C22H16FN3O4S. The van der Waals surface area contributed by atoms with Crippen molar-refractivity contribution < 1.29 is 23.6 Å². The minimum Gasteiger partial charge on any atom is -0.322 e. The number of thiophene rings is 1. The van der Waals surface area contributed by atoms with Gasteiger partial charge in [0.2, 0.25) is 11.8 Å². The lowest BCUT2D eigenvalue weighted by Crippen LogP contribution is -2.52. The standard InChI is InChI=1S/C22H16FN3O4S/c23-13-2-4-15-16(10-31-18(15)8-13)24-20(28)11-1-3-14-12(7-11)9-26(22(14)30)17-5-6-19(27)25-21(17)29/h1-4,7-8,10,17H,5-6,9H2,(H,24,28)(H,25,27,29). The van der Waals surface area contributed by atoms with Crippen LogP contribution >= 0.6 is 11.3 Å². The molecule has 1 fully saturated rings. The Morgan fingerprint density at radius 3 is 2.81 bits per heavy atom. The van der Waals surface area contributed by atoms with Crippen LogP contribution in [0.25, 0.3) is 10.1 Å². The zero-order valence-electron chi connectivity index (χ0n) is 16.1. The molecule has 1 unspecified atom stereocenters. The maximum Gasteiger partial charge on any atom is 0.255 e. The van der Waals surface area contributed by atoms with E-state index in [9.17, 15) is 23.6 Å². The molecule has 1 aromatic heterocycles. The molecule has 31 heavy (non-hydrogen) atoms. The zero-order chi connectivity index (χ0) is 21.7. The van der Waals surface area contributed by atoms with E-state index in [0.29, 0.717) is 22.4 Å². The van der Waals surface area contributed by atoms with Crippen LogP contribution in [0.5, 0.6) is 0 Å². The first-order chi connectivity index (χ1) is 14.9. The van der Waals surface area contributed by atoms with Gasteiger partial charge in [-0.15, -0.1) is 11.3 Å². The van der Waals surface area contributed by atoms with Gasteiger partial charge in [-0.1, -0.05) is 0 Å². The Bertz CT molecular complexity index is 1280. The average molecular weight is 437 g/mol. The molecule has 0 spiro atoms. The van der Waals surface area contributed by atoms with Crippen LogP contribution < -0.4 is 10.6 Å². The van der Waals surface area contributed by atoms with Crippen LogP contribution in [0.3, 0.4) is 0 Å². The Balaban J connectivity index is 1.36. The molecule has 2 aliphatic rings. The third-order valence-corrected chi connectivity index (χ3v) is 6.52. The van der Waals surface area contributed by atoms with Gasteiger partial charge in [0.15, 0.2) is 0 Å². The molecule has 5 rings (SSSR count). The number of halogens is 1. The van der Waals surface area contributed by atoms with Crippen LogP contribution in [0.4, 0.5) is 10.1 Å². The molecule has 0 bridgehead atoms. The van der Waals surface area contributed by atoms with Gasteiger partial charge in [0.1, 0.15) is 11.9 Å². The summed E-state index contributed by atoms with van der Waals surface area (Å²) >= 11 is 1.33. The molecule has 1 saturated heterocycles. The van der Waals surface area contributed by atoms with E-state index >= 15 is 0 Å². The number of piperidine rings is 1. The Morgan fingerprint density at radius 2 is 2.00 bits per heavy atom. The maximum atomic E-state index is 13.4. The Kier molecular flexibility index (Phi) is 4.55. The molecule has 156 valence electrons. The number of nitrogens with zero attached hydrogens (tertiary/aromatic N) is 1. The fraction of sp³-hybridized carbons (Fsp3) is 0.182. The number of rotatable bonds is 3. The highest BCUT2D eigenvalue weighted by atomic mass is 32.1. The topological polar surface area (TPSA) is 95.6 Å². The SMILES string of the molecule is O=C1CCC(N2Cc3cc(C(=O)Nc4csc5cc(F)ccc45)ccc3C2=O)C(=O)N1. The number of anilines is 1. The molecular weight excluding hydrogens is 421 g/mol. The normalized spacial score (nSPS) is 18.3. The van der Waals surface area contributed by atoms with Crippen LogP contribution in [-0.2, 0) is 16.1 Å². The van der Waals surface area contributed by atoms with Gasteiger partial charge in [-0.3, -0.25) is 24.5 Å². The molecule has 9 heteroatoms. The van der Waals surface area contributed by atoms with E-state index in [1.807, 2.05) is 0 Å². The van der Waals surface area contributed by atoms with E-state index in [4.69, 9.17) is 0 Å². The monoisotopic (exact) mass is 437 g/mol. The summed E-state index contributed by atoms with van der Waals surface area (Å²) in [4.78, 5) is 50.5. The lowest BCUT2D eigenvalue weighted by Gasteiger charge is -2.29. The largest absolute Gasteiger partial charge is 0.322 e. The van der Waals surface area contributed by atoms with Gasteiger partial charge < -0.3 is 10.2 Å². The van der Waals surface area contributed by atoms with Crippen molar-refractivity contribution in [2.45, 2.75) is 25.4 Å². The lowest BCUT2D eigenvalue weighted by molar-refractivity contribution is -0.136. The van der Waals surface area contributed by atoms with Crippen molar-refractivity contribution in [3.63, 3.8) is 0 Å². The third-order valence-electron chi connectivity index (χ3n) is 5.57. The Hall–Kier alpha value is -3.59. The van der Waals surface area contributed by atoms with Gasteiger partial charge in [0.05, 0.1) is 5.69 Å². The molecule has 3 heterocycles. The van der Waals surface area contributed by atoms with Crippen molar-refractivity contribution in [1.82, 2.24) is 10.2 Å². The molecule has 2 aliphatic heterocycles. The van der Waals surface area contributed by atoms with Crippen molar-refractivity contribution in [3.8, 4) is 0 Å². The highest BCUT2D eigenvalue weighted by Crippen LogP contribution is 2.32. The highest BCUT2D eigenvalue weighted by molar-refractivity contribution is 7.17. The van der Waals surface area contributed by atoms with Gasteiger partial charge >= 0.3 is 0 Å². The first-order valence-electron chi connectivity index (χ1n) is 9.66. The van der Waals surface area contributed by atoms with Gasteiger partial charge in [0, 0.05) is 39.6 Å². The number of benzene rings is 2. The van der Waals surface area contributed by atoms with Crippen LogP contribution in [0.2, 0.25) is 0 Å². The Morgan fingerprint density at radius 1 is 1.16 bits per heavy atom. The van der Waals surface area contributed by atoms with Gasteiger partial charge in [0.25, 0.3) is 11.8 Å². The molecule has 3 aromatic rings. The van der Waals surface area contributed by atoms with Crippen molar-refractivity contribution in [2.24, 2.45) is 0 Å². The number of carbonyl (C=O) groups is 4. The number of nitrogens with one attached hydrogen (secondary N) is 2. The molecule has 0 aliphatic carbocycles. The van der Waals surface area contributed by atoms with Crippen LogP contribution in [0.1, 0.15) is 39.1 Å². The minimum atomic E-state index is -0.701. The zero-order valence-corrected chi connectivity index (χ0v) is 16.9. The van der Waals surface area contributed by atoms with Crippen molar-refractivity contribution in [3.05, 3.63) is 64.3 Å². The molecule has 4 amide bonds.